The summed E-state index contributed by atoms with van der Waals surface area (Å²) in [6.07, 6.45) is 0. The number of anilines is 2. The van der Waals surface area contributed by atoms with Gasteiger partial charge >= 0.3 is 0 Å². The highest BCUT2D eigenvalue weighted by atomic mass is 19.2. The minimum Gasteiger partial charge on any atom is -0.496 e. The number of carbonyl (C=O) groups is 2. The molecule has 5 nitrogen and oxygen atoms in total. The van der Waals surface area contributed by atoms with Gasteiger partial charge < -0.3 is 10.1 Å². The molecule has 0 fully saturated rings. The molecule has 2 amide bonds. The molecule has 0 radical (unpaired) electrons. The lowest BCUT2D eigenvalue weighted by Crippen LogP contribution is -2.32. The molecule has 4 rings (SSSR count). The van der Waals surface area contributed by atoms with Crippen LogP contribution in [-0.2, 0) is 9.59 Å². The molecular weight excluding hydrogens is 414 g/mol. The summed E-state index contributed by atoms with van der Waals surface area (Å²) >= 11 is 0. The van der Waals surface area contributed by atoms with Gasteiger partial charge in [0.25, 0.3) is 11.8 Å². The Morgan fingerprint density at radius 3 is 2.34 bits per heavy atom. The lowest BCUT2D eigenvalue weighted by atomic mass is 10.0. The Morgan fingerprint density at radius 2 is 1.62 bits per heavy atom. The van der Waals surface area contributed by atoms with Crippen molar-refractivity contribution in [2.75, 3.05) is 17.3 Å². The Kier molecular flexibility index (Phi) is 5.48. The van der Waals surface area contributed by atoms with Crippen LogP contribution in [0.15, 0.2) is 66.4 Å². The topological polar surface area (TPSA) is 58.6 Å². The maximum absolute atomic E-state index is 13.9. The minimum absolute atomic E-state index is 0.0259. The number of aryl methyl sites for hydroxylation is 1. The molecule has 0 saturated heterocycles. The Balaban J connectivity index is 1.89. The Labute approximate surface area is 183 Å². The largest absolute Gasteiger partial charge is 0.496 e. The minimum atomic E-state index is -1.15. The highest BCUT2D eigenvalue weighted by Crippen LogP contribution is 2.38. The van der Waals surface area contributed by atoms with Gasteiger partial charge in [0.1, 0.15) is 11.4 Å². The van der Waals surface area contributed by atoms with Gasteiger partial charge in [-0.05, 0) is 49.2 Å². The number of halogens is 2. The molecule has 1 aliphatic rings. The predicted octanol–water partition coefficient (Wildman–Crippen LogP) is 4.99. The van der Waals surface area contributed by atoms with E-state index < -0.39 is 23.4 Å². The molecule has 1 N–H and O–H groups in total. The number of ether oxygens (including phenoxy) is 1. The van der Waals surface area contributed by atoms with Crippen LogP contribution in [0.5, 0.6) is 5.75 Å². The molecule has 3 aromatic carbocycles. The highest BCUT2D eigenvalue weighted by molar-refractivity contribution is 6.46. The molecule has 0 bridgehead atoms. The van der Waals surface area contributed by atoms with E-state index in [9.17, 15) is 18.4 Å². The number of hydrogen-bond acceptors (Lipinski definition) is 4. The average molecular weight is 434 g/mol. The molecule has 162 valence electrons. The molecule has 3 aromatic rings. The molecule has 0 saturated carbocycles. The van der Waals surface area contributed by atoms with Crippen molar-refractivity contribution in [2.45, 2.75) is 13.8 Å². The summed E-state index contributed by atoms with van der Waals surface area (Å²) in [6.45, 7) is 3.83. The van der Waals surface area contributed by atoms with Gasteiger partial charge in [0.05, 0.1) is 18.4 Å². The lowest BCUT2D eigenvalue weighted by molar-refractivity contribution is -0.120. The van der Waals surface area contributed by atoms with Crippen LogP contribution in [0.2, 0.25) is 0 Å². The van der Waals surface area contributed by atoms with E-state index >= 15 is 0 Å². The SMILES string of the molecule is COc1ccccc1C1=C(Nc2cccc(C)c2C)C(=O)N(c2ccc(F)c(F)c2)C1=O. The third kappa shape index (κ3) is 3.51. The second-order valence-corrected chi connectivity index (χ2v) is 7.37. The Bertz CT molecular complexity index is 1280. The fraction of sp³-hybridized carbons (Fsp3) is 0.120. The predicted molar refractivity (Wildman–Crippen MR) is 118 cm³/mol. The van der Waals surface area contributed by atoms with Crippen LogP contribution in [0.1, 0.15) is 16.7 Å². The van der Waals surface area contributed by atoms with E-state index in [1.807, 2.05) is 26.0 Å². The van der Waals surface area contributed by atoms with Gasteiger partial charge in [-0.25, -0.2) is 13.7 Å². The number of amides is 2. The number of carbonyl (C=O) groups excluding carboxylic acids is 2. The van der Waals surface area contributed by atoms with Crippen molar-refractivity contribution < 1.29 is 23.1 Å². The fourth-order valence-corrected chi connectivity index (χ4v) is 3.63. The Hall–Kier alpha value is -4.00. The van der Waals surface area contributed by atoms with E-state index in [0.717, 1.165) is 28.2 Å². The molecule has 0 atom stereocenters. The average Bonchev–Trinajstić information content (AvgIpc) is 3.02. The number of rotatable bonds is 5. The van der Waals surface area contributed by atoms with Crippen LogP contribution >= 0.6 is 0 Å². The van der Waals surface area contributed by atoms with E-state index in [2.05, 4.69) is 5.32 Å². The molecule has 0 aromatic heterocycles. The zero-order valence-corrected chi connectivity index (χ0v) is 17.7. The van der Waals surface area contributed by atoms with Crippen LogP contribution in [0.25, 0.3) is 5.57 Å². The van der Waals surface area contributed by atoms with Crippen molar-refractivity contribution in [3.63, 3.8) is 0 Å². The van der Waals surface area contributed by atoms with Crippen molar-refractivity contribution in [3.8, 4) is 5.75 Å². The number of benzene rings is 3. The maximum Gasteiger partial charge on any atom is 0.282 e. The third-order valence-corrected chi connectivity index (χ3v) is 5.49. The maximum atomic E-state index is 13.9. The first-order valence-electron chi connectivity index (χ1n) is 9.88. The first-order valence-corrected chi connectivity index (χ1v) is 9.88. The summed E-state index contributed by atoms with van der Waals surface area (Å²) in [5.74, 6) is -3.17. The number of imide groups is 1. The number of nitrogens with zero attached hydrogens (tertiary/aromatic N) is 1. The van der Waals surface area contributed by atoms with Crippen LogP contribution in [0.4, 0.5) is 20.2 Å². The fourth-order valence-electron chi connectivity index (χ4n) is 3.63. The first kappa shape index (κ1) is 21.2. The van der Waals surface area contributed by atoms with Crippen LogP contribution in [0.3, 0.4) is 0 Å². The van der Waals surface area contributed by atoms with Gasteiger partial charge in [-0.15, -0.1) is 0 Å². The van der Waals surface area contributed by atoms with E-state index in [4.69, 9.17) is 4.74 Å². The summed E-state index contributed by atoms with van der Waals surface area (Å²) in [5, 5.41) is 3.10. The summed E-state index contributed by atoms with van der Waals surface area (Å²) in [6, 6.07) is 15.3. The van der Waals surface area contributed by atoms with Gasteiger partial charge in [-0.3, -0.25) is 9.59 Å². The Morgan fingerprint density at radius 1 is 0.875 bits per heavy atom. The smallest absolute Gasteiger partial charge is 0.282 e. The summed E-state index contributed by atoms with van der Waals surface area (Å²) in [5.41, 5.74) is 3.02. The normalized spacial score (nSPS) is 13.7. The molecule has 7 heteroatoms. The van der Waals surface area contributed by atoms with Crippen LogP contribution in [0, 0.1) is 25.5 Å². The third-order valence-electron chi connectivity index (χ3n) is 5.49. The number of hydrogen-bond donors (Lipinski definition) is 1. The van der Waals surface area contributed by atoms with Gasteiger partial charge in [0.15, 0.2) is 11.6 Å². The molecule has 1 aliphatic heterocycles. The second-order valence-electron chi connectivity index (χ2n) is 7.37. The molecule has 0 aliphatic carbocycles. The number of para-hydroxylation sites is 1. The first-order chi connectivity index (χ1) is 15.3. The number of nitrogens with one attached hydrogen (secondary N) is 1. The monoisotopic (exact) mass is 434 g/mol. The lowest BCUT2D eigenvalue weighted by Gasteiger charge is -2.16. The van der Waals surface area contributed by atoms with Crippen molar-refractivity contribution >= 4 is 28.8 Å². The van der Waals surface area contributed by atoms with E-state index in [1.165, 1.54) is 13.2 Å². The summed E-state index contributed by atoms with van der Waals surface area (Å²) in [4.78, 5) is 27.7. The van der Waals surface area contributed by atoms with Gasteiger partial charge in [-0.1, -0.05) is 30.3 Å². The van der Waals surface area contributed by atoms with Gasteiger partial charge in [0.2, 0.25) is 0 Å². The van der Waals surface area contributed by atoms with E-state index in [-0.39, 0.29) is 17.0 Å². The van der Waals surface area contributed by atoms with E-state index in [0.29, 0.717) is 17.0 Å². The number of methoxy groups -OCH3 is 1. The molecule has 1 heterocycles. The van der Waals surface area contributed by atoms with Crippen LogP contribution in [-0.4, -0.2) is 18.9 Å². The van der Waals surface area contributed by atoms with Crippen LogP contribution < -0.4 is 15.0 Å². The molecule has 32 heavy (non-hydrogen) atoms. The zero-order valence-electron chi connectivity index (χ0n) is 17.7. The molecular formula is C25H20F2N2O3. The van der Waals surface area contributed by atoms with Crippen molar-refractivity contribution in [1.82, 2.24) is 0 Å². The highest BCUT2D eigenvalue weighted by Gasteiger charge is 2.41. The van der Waals surface area contributed by atoms with Gasteiger partial charge in [-0.2, -0.15) is 0 Å². The van der Waals surface area contributed by atoms with E-state index in [1.54, 1.807) is 30.3 Å². The van der Waals surface area contributed by atoms with Crippen molar-refractivity contribution in [1.29, 1.82) is 0 Å². The van der Waals surface area contributed by atoms with Crippen molar-refractivity contribution in [2.24, 2.45) is 0 Å². The summed E-state index contributed by atoms with van der Waals surface area (Å²) in [7, 11) is 1.46. The molecule has 0 unspecified atom stereocenters. The standard InChI is InChI=1S/C25H20F2N2O3/c1-14-7-6-9-20(15(14)2)28-23-22(17-8-4-5-10-21(17)32-3)24(30)29(25(23)31)16-11-12-18(26)19(27)13-16/h4-13,28H,1-3H3. The van der Waals surface area contributed by atoms with Crippen molar-refractivity contribution in [3.05, 3.63) is 94.7 Å². The summed E-state index contributed by atoms with van der Waals surface area (Å²) < 4.78 is 32.8. The second kappa shape index (κ2) is 8.26. The molecule has 0 spiro atoms. The zero-order chi connectivity index (χ0) is 23.0. The quantitative estimate of drug-likeness (QED) is 0.575. The van der Waals surface area contributed by atoms with Gasteiger partial charge in [0, 0.05) is 17.3 Å².